The molecule has 0 heterocycles. The predicted molar refractivity (Wildman–Crippen MR) is 84.9 cm³/mol. The summed E-state index contributed by atoms with van der Waals surface area (Å²) in [6.07, 6.45) is 0. The van der Waals surface area contributed by atoms with Crippen molar-refractivity contribution in [3.63, 3.8) is 0 Å². The molecule has 0 fully saturated rings. The van der Waals surface area contributed by atoms with Crippen molar-refractivity contribution in [3.05, 3.63) is 65.2 Å². The molecule has 1 atom stereocenters. The maximum atomic E-state index is 3.42. The highest BCUT2D eigenvalue weighted by molar-refractivity contribution is 7.99. The topological polar surface area (TPSA) is 12.0 Å². The van der Waals surface area contributed by atoms with Crippen LogP contribution in [0.15, 0.2) is 53.4 Å². The van der Waals surface area contributed by atoms with E-state index in [1.54, 1.807) is 0 Å². The molecule has 0 amide bonds. The van der Waals surface area contributed by atoms with Crippen LogP contribution in [0.3, 0.4) is 0 Å². The van der Waals surface area contributed by atoms with Crippen molar-refractivity contribution >= 4 is 11.8 Å². The minimum Gasteiger partial charge on any atom is -0.312 e. The first-order chi connectivity index (χ1) is 9.20. The Morgan fingerprint density at radius 3 is 2.32 bits per heavy atom. The lowest BCUT2D eigenvalue weighted by molar-refractivity contribution is 0.658. The third-order valence-corrected chi connectivity index (χ3v) is 4.46. The van der Waals surface area contributed by atoms with E-state index < -0.39 is 0 Å². The Bertz CT molecular complexity index is 519. The zero-order valence-electron chi connectivity index (χ0n) is 11.8. The molecule has 0 saturated carbocycles. The molecule has 2 aromatic carbocycles. The van der Waals surface area contributed by atoms with Crippen molar-refractivity contribution in [3.8, 4) is 0 Å². The predicted octanol–water partition coefficient (Wildman–Crippen LogP) is 4.36. The summed E-state index contributed by atoms with van der Waals surface area (Å²) in [6.45, 7) is 4.30. The van der Waals surface area contributed by atoms with Crippen LogP contribution in [0.4, 0.5) is 0 Å². The van der Waals surface area contributed by atoms with Crippen molar-refractivity contribution in [2.45, 2.75) is 24.8 Å². The molecular formula is C17H21NS. The molecule has 0 radical (unpaired) electrons. The van der Waals surface area contributed by atoms with Gasteiger partial charge in [-0.05, 0) is 44.2 Å². The summed E-state index contributed by atoms with van der Waals surface area (Å²) < 4.78 is 0. The SMILES string of the molecule is CNC(CSc1ccc(C)cc1)c1ccccc1C. The number of thioether (sulfide) groups is 1. The fraction of sp³-hybridized carbons (Fsp3) is 0.294. The van der Waals surface area contributed by atoms with Gasteiger partial charge in [0, 0.05) is 16.7 Å². The second-order valence-corrected chi connectivity index (χ2v) is 5.92. The largest absolute Gasteiger partial charge is 0.312 e. The second kappa shape index (κ2) is 6.78. The van der Waals surface area contributed by atoms with E-state index in [0.29, 0.717) is 6.04 Å². The summed E-state index contributed by atoms with van der Waals surface area (Å²) in [5.41, 5.74) is 4.06. The maximum Gasteiger partial charge on any atom is 0.0415 e. The summed E-state index contributed by atoms with van der Waals surface area (Å²) >= 11 is 1.90. The number of hydrogen-bond donors (Lipinski definition) is 1. The Morgan fingerprint density at radius 2 is 1.68 bits per heavy atom. The van der Waals surface area contributed by atoms with Crippen LogP contribution in [-0.2, 0) is 0 Å². The smallest absolute Gasteiger partial charge is 0.0415 e. The van der Waals surface area contributed by atoms with Crippen molar-refractivity contribution in [1.82, 2.24) is 5.32 Å². The van der Waals surface area contributed by atoms with E-state index in [1.807, 2.05) is 18.8 Å². The molecule has 0 bridgehead atoms. The van der Waals surface area contributed by atoms with Gasteiger partial charge in [-0.25, -0.2) is 0 Å². The van der Waals surface area contributed by atoms with Gasteiger partial charge in [-0.3, -0.25) is 0 Å². The Morgan fingerprint density at radius 1 is 1.00 bits per heavy atom. The molecule has 0 aliphatic heterocycles. The minimum atomic E-state index is 0.396. The van der Waals surface area contributed by atoms with Gasteiger partial charge in [-0.2, -0.15) is 0 Å². The van der Waals surface area contributed by atoms with Crippen molar-refractivity contribution in [2.75, 3.05) is 12.8 Å². The molecule has 2 rings (SSSR count). The Hall–Kier alpha value is -1.25. The molecule has 19 heavy (non-hydrogen) atoms. The van der Waals surface area contributed by atoms with Gasteiger partial charge in [0.15, 0.2) is 0 Å². The minimum absolute atomic E-state index is 0.396. The molecule has 0 aromatic heterocycles. The highest BCUT2D eigenvalue weighted by Crippen LogP contribution is 2.26. The van der Waals surface area contributed by atoms with E-state index in [0.717, 1.165) is 5.75 Å². The lowest BCUT2D eigenvalue weighted by Gasteiger charge is -2.18. The van der Waals surface area contributed by atoms with Crippen LogP contribution in [0.25, 0.3) is 0 Å². The van der Waals surface area contributed by atoms with Gasteiger partial charge in [0.05, 0.1) is 0 Å². The Kier molecular flexibility index (Phi) is 5.06. The van der Waals surface area contributed by atoms with Gasteiger partial charge in [0.25, 0.3) is 0 Å². The second-order valence-electron chi connectivity index (χ2n) is 4.82. The van der Waals surface area contributed by atoms with Crippen LogP contribution < -0.4 is 5.32 Å². The molecule has 1 nitrogen and oxygen atoms in total. The first kappa shape index (κ1) is 14.2. The fourth-order valence-electron chi connectivity index (χ4n) is 2.12. The van der Waals surface area contributed by atoms with Crippen LogP contribution in [0, 0.1) is 13.8 Å². The standard InChI is InChI=1S/C17H21NS/c1-13-8-10-15(11-9-13)19-12-17(18-3)16-7-5-4-6-14(16)2/h4-11,17-18H,12H2,1-3H3. The summed E-state index contributed by atoms with van der Waals surface area (Å²) in [6, 6.07) is 17.7. The number of benzene rings is 2. The summed E-state index contributed by atoms with van der Waals surface area (Å²) in [7, 11) is 2.03. The van der Waals surface area contributed by atoms with Crippen molar-refractivity contribution in [1.29, 1.82) is 0 Å². The molecule has 100 valence electrons. The third kappa shape index (κ3) is 3.85. The quantitative estimate of drug-likeness (QED) is 0.811. The van der Waals surface area contributed by atoms with Gasteiger partial charge in [0.2, 0.25) is 0 Å². The molecule has 1 N–H and O–H groups in total. The zero-order chi connectivity index (χ0) is 13.7. The van der Waals surface area contributed by atoms with Crippen LogP contribution in [-0.4, -0.2) is 12.8 Å². The summed E-state index contributed by atoms with van der Waals surface area (Å²) in [5, 5.41) is 3.42. The molecule has 0 aliphatic carbocycles. The highest BCUT2D eigenvalue weighted by Gasteiger charge is 2.11. The monoisotopic (exact) mass is 271 g/mol. The van der Waals surface area contributed by atoms with Crippen LogP contribution >= 0.6 is 11.8 Å². The number of hydrogen-bond acceptors (Lipinski definition) is 2. The lowest BCUT2D eigenvalue weighted by atomic mass is 10.0. The van der Waals surface area contributed by atoms with Gasteiger partial charge in [-0.15, -0.1) is 11.8 Å². The molecule has 0 aliphatic rings. The van der Waals surface area contributed by atoms with E-state index in [2.05, 4.69) is 67.7 Å². The van der Waals surface area contributed by atoms with Gasteiger partial charge < -0.3 is 5.32 Å². The Balaban J connectivity index is 2.04. The van der Waals surface area contributed by atoms with Crippen LogP contribution in [0.1, 0.15) is 22.7 Å². The van der Waals surface area contributed by atoms with E-state index in [-0.39, 0.29) is 0 Å². The molecular weight excluding hydrogens is 250 g/mol. The molecule has 0 spiro atoms. The number of nitrogens with one attached hydrogen (secondary N) is 1. The van der Waals surface area contributed by atoms with Gasteiger partial charge in [-0.1, -0.05) is 42.0 Å². The summed E-state index contributed by atoms with van der Waals surface area (Å²) in [5.74, 6) is 1.05. The fourth-order valence-corrected chi connectivity index (χ4v) is 3.15. The molecule has 2 aromatic rings. The van der Waals surface area contributed by atoms with E-state index in [9.17, 15) is 0 Å². The average Bonchev–Trinajstić information content (AvgIpc) is 2.43. The van der Waals surface area contributed by atoms with Gasteiger partial charge >= 0.3 is 0 Å². The summed E-state index contributed by atoms with van der Waals surface area (Å²) in [4.78, 5) is 1.33. The molecule has 2 heteroatoms. The zero-order valence-corrected chi connectivity index (χ0v) is 12.6. The molecule has 1 unspecified atom stereocenters. The first-order valence-electron chi connectivity index (χ1n) is 6.63. The molecule has 0 saturated heterocycles. The lowest BCUT2D eigenvalue weighted by Crippen LogP contribution is -2.19. The van der Waals surface area contributed by atoms with Crippen LogP contribution in [0.2, 0.25) is 0 Å². The Labute approximate surface area is 120 Å². The first-order valence-corrected chi connectivity index (χ1v) is 7.61. The van der Waals surface area contributed by atoms with E-state index in [4.69, 9.17) is 0 Å². The van der Waals surface area contributed by atoms with Crippen molar-refractivity contribution < 1.29 is 0 Å². The van der Waals surface area contributed by atoms with Crippen LogP contribution in [0.5, 0.6) is 0 Å². The normalized spacial score (nSPS) is 12.4. The van der Waals surface area contributed by atoms with Crippen molar-refractivity contribution in [2.24, 2.45) is 0 Å². The van der Waals surface area contributed by atoms with E-state index >= 15 is 0 Å². The van der Waals surface area contributed by atoms with Gasteiger partial charge in [0.1, 0.15) is 0 Å². The highest BCUT2D eigenvalue weighted by atomic mass is 32.2. The number of rotatable bonds is 5. The number of aryl methyl sites for hydroxylation is 2. The maximum absolute atomic E-state index is 3.42. The van der Waals surface area contributed by atoms with E-state index in [1.165, 1.54) is 21.6 Å². The third-order valence-electron chi connectivity index (χ3n) is 3.35. The average molecular weight is 271 g/mol.